The van der Waals surface area contributed by atoms with Crippen LogP contribution < -0.4 is 9.80 Å². The topological polar surface area (TPSA) is 91.5 Å². The fourth-order valence-electron chi connectivity index (χ4n) is 4.94. The van der Waals surface area contributed by atoms with Crippen LogP contribution in [0, 0.1) is 5.92 Å². The molecule has 1 atom stereocenters. The summed E-state index contributed by atoms with van der Waals surface area (Å²) in [7, 11) is 0. The fraction of sp³-hybridized carbons (Fsp3) is 0.750. The molecule has 9 nitrogen and oxygen atoms in total. The third kappa shape index (κ3) is 3.86. The van der Waals surface area contributed by atoms with Gasteiger partial charge in [-0.1, -0.05) is 12.8 Å². The predicted octanol–water partition coefficient (Wildman–Crippen LogP) is 2.23. The van der Waals surface area contributed by atoms with Crippen molar-refractivity contribution in [2.45, 2.75) is 51.4 Å². The third-order valence-corrected chi connectivity index (χ3v) is 6.45. The lowest BCUT2D eigenvalue weighted by atomic mass is 9.97. The summed E-state index contributed by atoms with van der Waals surface area (Å²) in [5, 5.41) is 7.86. The first-order valence-corrected chi connectivity index (χ1v) is 11.1. The minimum atomic E-state index is 0.308. The van der Waals surface area contributed by atoms with Gasteiger partial charge in [-0.15, -0.1) is 0 Å². The van der Waals surface area contributed by atoms with Gasteiger partial charge in [0.25, 0.3) is 0 Å². The Hall–Kier alpha value is -2.45. The summed E-state index contributed by atoms with van der Waals surface area (Å²) < 4.78 is 4.89. The number of piperidine rings is 1. The van der Waals surface area contributed by atoms with Crippen LogP contribution in [-0.4, -0.2) is 70.4 Å². The van der Waals surface area contributed by atoms with Crippen molar-refractivity contribution in [1.82, 2.24) is 25.2 Å². The Labute approximate surface area is 170 Å². The summed E-state index contributed by atoms with van der Waals surface area (Å²) in [5.41, 5.74) is 0.944. The Morgan fingerprint density at radius 2 is 1.52 bits per heavy atom. The van der Waals surface area contributed by atoms with E-state index in [4.69, 9.17) is 14.6 Å². The van der Waals surface area contributed by atoms with Gasteiger partial charge < -0.3 is 14.7 Å². The Morgan fingerprint density at radius 3 is 2.21 bits per heavy atom. The van der Waals surface area contributed by atoms with Crippen molar-refractivity contribution in [1.29, 1.82) is 0 Å². The predicted molar refractivity (Wildman–Crippen MR) is 109 cm³/mol. The van der Waals surface area contributed by atoms with E-state index in [-0.39, 0.29) is 0 Å². The molecule has 3 aliphatic rings. The number of carbonyl (C=O) groups is 1. The number of rotatable bonds is 4. The number of aromatic nitrogens is 4. The number of carbonyl (C=O) groups excluding carboxylic acids is 1. The summed E-state index contributed by atoms with van der Waals surface area (Å²) >= 11 is 0. The highest BCUT2D eigenvalue weighted by molar-refractivity contribution is 5.78. The smallest absolute Gasteiger partial charge is 0.245 e. The van der Waals surface area contributed by atoms with Crippen LogP contribution in [0.2, 0.25) is 0 Å². The van der Waals surface area contributed by atoms with E-state index < -0.39 is 0 Å². The van der Waals surface area contributed by atoms with Crippen molar-refractivity contribution >= 4 is 28.8 Å². The maximum atomic E-state index is 12.1. The molecule has 0 radical (unpaired) electrons. The van der Waals surface area contributed by atoms with E-state index in [0.717, 1.165) is 70.2 Å². The third-order valence-electron chi connectivity index (χ3n) is 6.45. The largest absolute Gasteiger partial charge is 0.353 e. The van der Waals surface area contributed by atoms with Crippen LogP contribution in [-0.2, 0) is 4.79 Å². The minimum absolute atomic E-state index is 0.308. The van der Waals surface area contributed by atoms with Crippen molar-refractivity contribution in [2.75, 3.05) is 49.1 Å². The number of hydrogen-bond acceptors (Lipinski definition) is 8. The molecule has 1 amide bonds. The van der Waals surface area contributed by atoms with E-state index in [1.165, 1.54) is 25.7 Å². The van der Waals surface area contributed by atoms with Crippen LogP contribution >= 0.6 is 0 Å². The first kappa shape index (κ1) is 18.6. The zero-order valence-electron chi connectivity index (χ0n) is 16.9. The standard InChI is InChI=1S/C20H29N7O2/c28-16-8-6-11-26(16)13-15-7-5-12-27(14-15)20-19(25-9-3-1-2-4-10-25)21-17-18(22-20)24-29-23-17/h15H,1-14H2. The summed E-state index contributed by atoms with van der Waals surface area (Å²) in [6.07, 6.45) is 8.84. The second-order valence-corrected chi connectivity index (χ2v) is 8.58. The van der Waals surface area contributed by atoms with E-state index >= 15 is 0 Å². The van der Waals surface area contributed by atoms with Crippen molar-refractivity contribution in [3.05, 3.63) is 0 Å². The maximum absolute atomic E-state index is 12.1. The van der Waals surface area contributed by atoms with E-state index in [1.807, 2.05) is 4.90 Å². The Morgan fingerprint density at radius 1 is 0.828 bits per heavy atom. The van der Waals surface area contributed by atoms with E-state index in [9.17, 15) is 4.79 Å². The second-order valence-electron chi connectivity index (χ2n) is 8.58. The fourth-order valence-corrected chi connectivity index (χ4v) is 4.94. The molecule has 5 heterocycles. The molecular weight excluding hydrogens is 370 g/mol. The average molecular weight is 399 g/mol. The van der Waals surface area contributed by atoms with Crippen molar-refractivity contribution in [3.8, 4) is 0 Å². The zero-order chi connectivity index (χ0) is 19.6. The van der Waals surface area contributed by atoms with Gasteiger partial charge in [0.05, 0.1) is 0 Å². The average Bonchev–Trinajstić information content (AvgIpc) is 3.27. The number of nitrogens with zero attached hydrogens (tertiary/aromatic N) is 7. The number of amides is 1. The van der Waals surface area contributed by atoms with Crippen LogP contribution in [0.15, 0.2) is 4.63 Å². The van der Waals surface area contributed by atoms with Gasteiger partial charge in [0.1, 0.15) is 0 Å². The van der Waals surface area contributed by atoms with Gasteiger partial charge in [0.15, 0.2) is 11.6 Å². The highest BCUT2D eigenvalue weighted by atomic mass is 16.6. The van der Waals surface area contributed by atoms with Gasteiger partial charge >= 0.3 is 0 Å². The molecule has 0 aromatic carbocycles. The molecule has 0 spiro atoms. The molecule has 5 rings (SSSR count). The maximum Gasteiger partial charge on any atom is 0.245 e. The Bertz CT molecular complexity index is 862. The minimum Gasteiger partial charge on any atom is -0.353 e. The highest BCUT2D eigenvalue weighted by Gasteiger charge is 2.30. The molecule has 9 heteroatoms. The number of hydrogen-bond donors (Lipinski definition) is 0. The molecule has 156 valence electrons. The van der Waals surface area contributed by atoms with Gasteiger partial charge in [-0.3, -0.25) is 4.79 Å². The van der Waals surface area contributed by atoms with Crippen LogP contribution in [0.25, 0.3) is 11.3 Å². The molecule has 1 unspecified atom stereocenters. The zero-order valence-corrected chi connectivity index (χ0v) is 16.9. The first-order valence-electron chi connectivity index (χ1n) is 11.1. The molecule has 0 N–H and O–H groups in total. The summed E-state index contributed by atoms with van der Waals surface area (Å²) in [5.74, 6) is 2.58. The summed E-state index contributed by atoms with van der Waals surface area (Å²) in [6, 6.07) is 0. The second kappa shape index (κ2) is 8.12. The molecule has 0 bridgehead atoms. The van der Waals surface area contributed by atoms with Crippen molar-refractivity contribution < 1.29 is 9.42 Å². The van der Waals surface area contributed by atoms with Gasteiger partial charge in [-0.25, -0.2) is 14.6 Å². The van der Waals surface area contributed by atoms with E-state index in [1.54, 1.807) is 0 Å². The van der Waals surface area contributed by atoms with Crippen LogP contribution in [0.1, 0.15) is 51.4 Å². The molecule has 2 aromatic heterocycles. The quantitative estimate of drug-likeness (QED) is 0.773. The molecule has 0 aliphatic carbocycles. The number of fused-ring (bicyclic) bond motifs is 1. The van der Waals surface area contributed by atoms with Crippen LogP contribution in [0.4, 0.5) is 11.6 Å². The van der Waals surface area contributed by atoms with Gasteiger partial charge in [0.2, 0.25) is 17.2 Å². The van der Waals surface area contributed by atoms with E-state index in [2.05, 4.69) is 20.1 Å². The molecule has 29 heavy (non-hydrogen) atoms. The van der Waals surface area contributed by atoms with Gasteiger partial charge in [-0.2, -0.15) is 0 Å². The molecule has 0 saturated carbocycles. The van der Waals surface area contributed by atoms with E-state index in [0.29, 0.717) is 29.5 Å². The Balaban J connectivity index is 1.41. The number of anilines is 2. The molecular formula is C20H29N7O2. The van der Waals surface area contributed by atoms with Crippen LogP contribution in [0.5, 0.6) is 0 Å². The van der Waals surface area contributed by atoms with Crippen LogP contribution in [0.3, 0.4) is 0 Å². The molecule has 2 aromatic rings. The highest BCUT2D eigenvalue weighted by Crippen LogP contribution is 2.32. The summed E-state index contributed by atoms with van der Waals surface area (Å²) in [6.45, 7) is 5.61. The molecule has 3 saturated heterocycles. The Kier molecular flexibility index (Phi) is 5.20. The van der Waals surface area contributed by atoms with Crippen molar-refractivity contribution in [3.63, 3.8) is 0 Å². The number of likely N-dealkylation sites (tertiary alicyclic amines) is 1. The van der Waals surface area contributed by atoms with Gasteiger partial charge in [-0.05, 0) is 48.3 Å². The lowest BCUT2D eigenvalue weighted by molar-refractivity contribution is -0.128. The summed E-state index contributed by atoms with van der Waals surface area (Å²) in [4.78, 5) is 28.4. The van der Waals surface area contributed by atoms with Crippen molar-refractivity contribution in [2.24, 2.45) is 5.92 Å². The lowest BCUT2D eigenvalue weighted by Crippen LogP contribution is -2.42. The SMILES string of the molecule is O=C1CCCN1CC1CCCN(c2nc3nonc3nc2N2CCCCCC2)C1. The lowest BCUT2D eigenvalue weighted by Gasteiger charge is -2.37. The molecule has 3 aliphatic heterocycles. The monoisotopic (exact) mass is 399 g/mol. The van der Waals surface area contributed by atoms with Gasteiger partial charge in [0, 0.05) is 45.7 Å². The first-order chi connectivity index (χ1) is 14.3. The molecule has 3 fully saturated rings. The normalized spacial score (nSPS) is 23.8.